The highest BCUT2D eigenvalue weighted by Gasteiger charge is 2.32. The van der Waals surface area contributed by atoms with E-state index >= 15 is 0 Å². The van der Waals surface area contributed by atoms with Crippen molar-refractivity contribution in [3.8, 4) is 5.75 Å². The fraction of sp³-hybridized carbons (Fsp3) is 0.188. The van der Waals surface area contributed by atoms with Gasteiger partial charge in [-0.1, -0.05) is 42.5 Å². The number of para-hydroxylation sites is 2. The second-order valence-corrected chi connectivity index (χ2v) is 4.83. The van der Waals surface area contributed by atoms with Crippen LogP contribution in [-0.4, -0.2) is 18.3 Å². The number of nitrogens with one attached hydrogen (secondary N) is 1. The van der Waals surface area contributed by atoms with Crippen molar-refractivity contribution in [2.24, 2.45) is 5.73 Å². The van der Waals surface area contributed by atoms with Crippen LogP contribution in [-0.2, 0) is 11.2 Å². The molecular formula is C16H15F3N2O2. The molecule has 2 rings (SSSR count). The van der Waals surface area contributed by atoms with Gasteiger partial charge in [-0.3, -0.25) is 4.79 Å². The van der Waals surface area contributed by atoms with Crippen molar-refractivity contribution in [2.75, 3.05) is 5.32 Å². The number of alkyl halides is 3. The summed E-state index contributed by atoms with van der Waals surface area (Å²) >= 11 is 0. The predicted molar refractivity (Wildman–Crippen MR) is 79.9 cm³/mol. The molecule has 7 heteroatoms. The number of nitrogens with two attached hydrogens (primary N) is 1. The lowest BCUT2D eigenvalue weighted by Crippen LogP contribution is -2.37. The van der Waals surface area contributed by atoms with Crippen LogP contribution in [0.5, 0.6) is 5.75 Å². The number of hydrogen-bond donors (Lipinski definition) is 2. The summed E-state index contributed by atoms with van der Waals surface area (Å²) in [7, 11) is 0. The molecule has 0 radical (unpaired) electrons. The van der Waals surface area contributed by atoms with Gasteiger partial charge in [0.1, 0.15) is 6.04 Å². The maximum atomic E-state index is 12.4. The van der Waals surface area contributed by atoms with Crippen LogP contribution < -0.4 is 15.8 Å². The average molecular weight is 324 g/mol. The molecule has 2 aromatic rings. The maximum absolute atomic E-state index is 12.4. The summed E-state index contributed by atoms with van der Waals surface area (Å²) in [4.78, 5) is 11.6. The molecule has 4 nitrogen and oxygen atoms in total. The number of carbonyl (C=O) groups is 1. The van der Waals surface area contributed by atoms with Crippen LogP contribution in [0.1, 0.15) is 5.56 Å². The minimum atomic E-state index is -4.82. The molecule has 122 valence electrons. The fourth-order valence-corrected chi connectivity index (χ4v) is 2.06. The van der Waals surface area contributed by atoms with Crippen LogP contribution in [0, 0.1) is 0 Å². The zero-order chi connectivity index (χ0) is 16.9. The first-order valence-corrected chi connectivity index (χ1v) is 6.80. The number of halogens is 3. The summed E-state index contributed by atoms with van der Waals surface area (Å²) < 4.78 is 41.2. The van der Waals surface area contributed by atoms with Crippen molar-refractivity contribution in [3.05, 3.63) is 60.2 Å². The number of anilines is 1. The Balaban J connectivity index is 2.19. The lowest BCUT2D eigenvalue weighted by Gasteiger charge is -2.20. The third-order valence-electron chi connectivity index (χ3n) is 3.07. The molecule has 3 N–H and O–H groups in total. The highest BCUT2D eigenvalue weighted by molar-refractivity contribution is 5.84. The zero-order valence-electron chi connectivity index (χ0n) is 12.0. The van der Waals surface area contributed by atoms with Gasteiger partial charge in [-0.05, 0) is 17.7 Å². The number of carbonyl (C=O) groups excluding carboxylic acids is 1. The molecule has 0 bridgehead atoms. The van der Waals surface area contributed by atoms with E-state index in [4.69, 9.17) is 5.73 Å². The van der Waals surface area contributed by atoms with E-state index in [1.54, 1.807) is 24.3 Å². The van der Waals surface area contributed by atoms with E-state index in [0.717, 1.165) is 11.6 Å². The van der Waals surface area contributed by atoms with Gasteiger partial charge in [-0.2, -0.15) is 0 Å². The van der Waals surface area contributed by atoms with E-state index < -0.39 is 24.1 Å². The molecule has 0 aliphatic rings. The molecule has 0 aromatic heterocycles. The highest BCUT2D eigenvalue weighted by atomic mass is 19.4. The first-order valence-electron chi connectivity index (χ1n) is 6.80. The number of primary amides is 1. The van der Waals surface area contributed by atoms with Crippen molar-refractivity contribution in [2.45, 2.75) is 18.8 Å². The predicted octanol–water partition coefficient (Wildman–Crippen LogP) is 3.09. The average Bonchev–Trinajstić information content (AvgIpc) is 2.48. The van der Waals surface area contributed by atoms with Crippen molar-refractivity contribution in [3.63, 3.8) is 0 Å². The van der Waals surface area contributed by atoms with E-state index in [2.05, 4.69) is 10.1 Å². The van der Waals surface area contributed by atoms with Crippen LogP contribution in [0.3, 0.4) is 0 Å². The van der Waals surface area contributed by atoms with Gasteiger partial charge in [0.25, 0.3) is 0 Å². The third kappa shape index (κ3) is 5.21. The maximum Gasteiger partial charge on any atom is 0.573 e. The van der Waals surface area contributed by atoms with Crippen LogP contribution in [0.15, 0.2) is 54.6 Å². The fourth-order valence-electron chi connectivity index (χ4n) is 2.06. The smallest absolute Gasteiger partial charge is 0.404 e. The summed E-state index contributed by atoms with van der Waals surface area (Å²) in [5, 5.41) is 2.72. The van der Waals surface area contributed by atoms with Gasteiger partial charge in [0, 0.05) is 6.42 Å². The first kappa shape index (κ1) is 16.7. The Bertz CT molecular complexity index is 660. The molecular weight excluding hydrogens is 309 g/mol. The van der Waals surface area contributed by atoms with Crippen molar-refractivity contribution < 1.29 is 22.7 Å². The Labute approximate surface area is 131 Å². The Hall–Kier alpha value is -2.70. The molecule has 0 aliphatic heterocycles. The minimum Gasteiger partial charge on any atom is -0.404 e. The van der Waals surface area contributed by atoms with Gasteiger partial charge in [0.2, 0.25) is 5.91 Å². The van der Waals surface area contributed by atoms with E-state index in [9.17, 15) is 18.0 Å². The van der Waals surface area contributed by atoms with Crippen LogP contribution >= 0.6 is 0 Å². The lowest BCUT2D eigenvalue weighted by molar-refractivity contribution is -0.274. The van der Waals surface area contributed by atoms with E-state index in [1.165, 1.54) is 18.2 Å². The molecule has 0 aliphatic carbocycles. The van der Waals surface area contributed by atoms with Gasteiger partial charge in [-0.15, -0.1) is 13.2 Å². The number of rotatable bonds is 6. The summed E-state index contributed by atoms with van der Waals surface area (Å²) in [6.07, 6.45) is -4.57. The van der Waals surface area contributed by atoms with Crippen LogP contribution in [0.4, 0.5) is 18.9 Å². The zero-order valence-corrected chi connectivity index (χ0v) is 12.0. The Morgan fingerprint density at radius 3 is 2.30 bits per heavy atom. The second kappa shape index (κ2) is 7.04. The summed E-state index contributed by atoms with van der Waals surface area (Å²) in [5.74, 6) is -1.09. The monoisotopic (exact) mass is 324 g/mol. The highest BCUT2D eigenvalue weighted by Crippen LogP contribution is 2.30. The van der Waals surface area contributed by atoms with Crippen molar-refractivity contribution in [1.29, 1.82) is 0 Å². The molecule has 2 aromatic carbocycles. The largest absolute Gasteiger partial charge is 0.573 e. The third-order valence-corrected chi connectivity index (χ3v) is 3.07. The first-order chi connectivity index (χ1) is 10.8. The molecule has 1 amide bonds. The van der Waals surface area contributed by atoms with Crippen molar-refractivity contribution >= 4 is 11.6 Å². The molecule has 0 saturated heterocycles. The molecule has 0 fully saturated rings. The van der Waals surface area contributed by atoms with Crippen LogP contribution in [0.2, 0.25) is 0 Å². The number of benzene rings is 2. The molecule has 0 heterocycles. The minimum absolute atomic E-state index is 0.0459. The molecule has 1 atom stereocenters. The Kier molecular flexibility index (Phi) is 5.10. The number of ether oxygens (including phenoxy) is 1. The standard InChI is InChI=1S/C16H15F3N2O2/c17-16(18,19)23-14-9-5-4-8-12(14)21-13(15(20)22)10-11-6-2-1-3-7-11/h1-9,13,21H,10H2,(H2,20,22)/t13-/m0/s1. The van der Waals surface area contributed by atoms with Gasteiger partial charge < -0.3 is 15.8 Å². The quantitative estimate of drug-likeness (QED) is 0.858. The molecule has 23 heavy (non-hydrogen) atoms. The Morgan fingerprint density at radius 1 is 1.09 bits per heavy atom. The molecule has 0 saturated carbocycles. The normalized spacial score (nSPS) is 12.5. The van der Waals surface area contributed by atoms with Gasteiger partial charge in [-0.25, -0.2) is 0 Å². The SMILES string of the molecule is NC(=O)[C@H](Cc1ccccc1)Nc1ccccc1OC(F)(F)F. The van der Waals surface area contributed by atoms with Gasteiger partial charge >= 0.3 is 6.36 Å². The van der Waals surface area contributed by atoms with Crippen molar-refractivity contribution in [1.82, 2.24) is 0 Å². The second-order valence-electron chi connectivity index (χ2n) is 4.83. The summed E-state index contributed by atoms with van der Waals surface area (Å²) in [6.45, 7) is 0. The van der Waals surface area contributed by atoms with E-state index in [0.29, 0.717) is 0 Å². The van der Waals surface area contributed by atoms with E-state index in [-0.39, 0.29) is 12.1 Å². The number of hydrogen-bond acceptors (Lipinski definition) is 3. The van der Waals surface area contributed by atoms with Gasteiger partial charge in [0.15, 0.2) is 5.75 Å². The van der Waals surface area contributed by atoms with Gasteiger partial charge in [0.05, 0.1) is 5.69 Å². The topological polar surface area (TPSA) is 64.4 Å². The molecule has 0 unspecified atom stereocenters. The Morgan fingerprint density at radius 2 is 1.70 bits per heavy atom. The number of amides is 1. The molecule has 0 spiro atoms. The van der Waals surface area contributed by atoms with E-state index in [1.807, 2.05) is 6.07 Å². The summed E-state index contributed by atoms with van der Waals surface area (Å²) in [5.41, 5.74) is 6.22. The summed E-state index contributed by atoms with van der Waals surface area (Å²) in [6, 6.07) is 13.7. The van der Waals surface area contributed by atoms with Crippen LogP contribution in [0.25, 0.3) is 0 Å². The lowest BCUT2D eigenvalue weighted by atomic mass is 10.1.